The van der Waals surface area contributed by atoms with Crippen LogP contribution in [0.15, 0.2) is 24.3 Å². The summed E-state index contributed by atoms with van der Waals surface area (Å²) in [6.07, 6.45) is 3.61. The molecule has 0 bridgehead atoms. The van der Waals surface area contributed by atoms with E-state index in [0.717, 1.165) is 66.2 Å². The van der Waals surface area contributed by atoms with Crippen molar-refractivity contribution in [2.24, 2.45) is 5.41 Å². The molecule has 1 fully saturated rings. The third-order valence-electron chi connectivity index (χ3n) is 7.90. The average Bonchev–Trinajstić information content (AvgIpc) is 3.27. The molecule has 2 aromatic rings. The van der Waals surface area contributed by atoms with Gasteiger partial charge >= 0.3 is 0 Å². The number of aliphatic hydroxyl groups excluding tert-OH is 1. The summed E-state index contributed by atoms with van der Waals surface area (Å²) in [6, 6.07) is 6.58. The van der Waals surface area contributed by atoms with Crippen molar-refractivity contribution in [3.8, 4) is 0 Å². The van der Waals surface area contributed by atoms with Crippen LogP contribution in [0.25, 0.3) is 0 Å². The molecule has 0 saturated heterocycles. The predicted octanol–water partition coefficient (Wildman–Crippen LogP) is 7.62. The highest BCUT2D eigenvalue weighted by molar-refractivity contribution is 14.1. The van der Waals surface area contributed by atoms with E-state index in [0.29, 0.717) is 6.42 Å². The van der Waals surface area contributed by atoms with Crippen molar-refractivity contribution in [3.05, 3.63) is 63.5 Å². The van der Waals surface area contributed by atoms with Crippen LogP contribution in [0.1, 0.15) is 118 Å². The van der Waals surface area contributed by atoms with Crippen LogP contribution in [0.3, 0.4) is 0 Å². The lowest BCUT2D eigenvalue weighted by Crippen LogP contribution is -2.35. The summed E-state index contributed by atoms with van der Waals surface area (Å²) in [6.45, 7) is 9.62. The summed E-state index contributed by atoms with van der Waals surface area (Å²) in [4.78, 5) is 5.18. The van der Waals surface area contributed by atoms with E-state index in [9.17, 15) is 13.9 Å². The smallest absolute Gasteiger partial charge is 0.270 e. The van der Waals surface area contributed by atoms with Crippen molar-refractivity contribution in [2.45, 2.75) is 100 Å². The molecule has 4 atom stereocenters. The van der Waals surface area contributed by atoms with Crippen LogP contribution in [-0.4, -0.2) is 14.0 Å². The topological polar surface area (TPSA) is 42.4 Å². The number of ether oxygens (including phenoxy) is 1. The van der Waals surface area contributed by atoms with E-state index in [1.54, 1.807) is 12.1 Å². The molecule has 1 spiro atoms. The molecule has 2 heterocycles. The van der Waals surface area contributed by atoms with Crippen LogP contribution in [0, 0.1) is 5.41 Å². The van der Waals surface area contributed by atoms with Crippen molar-refractivity contribution in [1.29, 1.82) is 0 Å². The van der Waals surface area contributed by atoms with Crippen LogP contribution in [0.5, 0.6) is 0 Å². The SMILES string of the molecule is CC(C)c1nc2c(c3c1[C@@H](c1ccc(C(C)(F)F)cc1)OC31CCCC1I)[C@@H](O)CC(C)(C)C2. The molecule has 1 aromatic heterocycles. The number of aliphatic hydroxyl groups is 1. The fraction of sp³-hybridized carbons (Fsp3) is 0.607. The normalized spacial score (nSPS) is 30.1. The molecule has 0 radical (unpaired) electrons. The summed E-state index contributed by atoms with van der Waals surface area (Å²) in [5.41, 5.74) is 5.58. The number of aromatic nitrogens is 1. The number of benzene rings is 1. The summed E-state index contributed by atoms with van der Waals surface area (Å²) >= 11 is 2.52. The third-order valence-corrected chi connectivity index (χ3v) is 9.53. The summed E-state index contributed by atoms with van der Waals surface area (Å²) in [5.74, 6) is -2.70. The van der Waals surface area contributed by atoms with Gasteiger partial charge in [0.2, 0.25) is 0 Å². The molecule has 2 aliphatic carbocycles. The minimum atomic E-state index is -2.88. The Hall–Kier alpha value is -1.12. The minimum absolute atomic E-state index is 0.00196. The number of pyridine rings is 1. The van der Waals surface area contributed by atoms with E-state index < -0.39 is 17.6 Å². The van der Waals surface area contributed by atoms with Crippen molar-refractivity contribution >= 4 is 22.6 Å². The van der Waals surface area contributed by atoms with Gasteiger partial charge in [0.05, 0.1) is 6.10 Å². The van der Waals surface area contributed by atoms with Gasteiger partial charge in [-0.3, -0.25) is 4.98 Å². The highest BCUT2D eigenvalue weighted by Crippen LogP contribution is 2.61. The lowest BCUT2D eigenvalue weighted by atomic mass is 9.70. The summed E-state index contributed by atoms with van der Waals surface area (Å²) in [7, 11) is 0. The molecule has 1 aliphatic heterocycles. The first-order chi connectivity index (χ1) is 15.8. The first-order valence-electron chi connectivity index (χ1n) is 12.4. The lowest BCUT2D eigenvalue weighted by molar-refractivity contribution is -0.0517. The number of hydrogen-bond acceptors (Lipinski definition) is 3. The van der Waals surface area contributed by atoms with Gasteiger partial charge in [0.1, 0.15) is 11.7 Å². The van der Waals surface area contributed by atoms with Gasteiger partial charge in [0, 0.05) is 44.5 Å². The molecule has 0 amide bonds. The Morgan fingerprint density at radius 1 is 1.18 bits per heavy atom. The van der Waals surface area contributed by atoms with Gasteiger partial charge < -0.3 is 9.84 Å². The molecule has 1 saturated carbocycles. The fourth-order valence-electron chi connectivity index (χ4n) is 6.35. The van der Waals surface area contributed by atoms with E-state index in [1.807, 2.05) is 0 Å². The molecule has 2 unspecified atom stereocenters. The van der Waals surface area contributed by atoms with E-state index in [2.05, 4.69) is 50.3 Å². The number of hydrogen-bond donors (Lipinski definition) is 1. The van der Waals surface area contributed by atoms with Crippen LogP contribution >= 0.6 is 22.6 Å². The van der Waals surface area contributed by atoms with E-state index in [1.165, 1.54) is 12.1 Å². The van der Waals surface area contributed by atoms with Gasteiger partial charge in [0.15, 0.2) is 0 Å². The van der Waals surface area contributed by atoms with Gasteiger partial charge in [-0.1, -0.05) is 74.6 Å². The zero-order valence-electron chi connectivity index (χ0n) is 20.6. The molecule has 6 heteroatoms. The van der Waals surface area contributed by atoms with Gasteiger partial charge in [-0.05, 0) is 49.0 Å². The van der Waals surface area contributed by atoms with Crippen molar-refractivity contribution in [1.82, 2.24) is 4.98 Å². The molecule has 1 N–H and O–H groups in total. The van der Waals surface area contributed by atoms with Crippen LogP contribution in [-0.2, 0) is 22.7 Å². The van der Waals surface area contributed by atoms with Gasteiger partial charge in [-0.25, -0.2) is 8.78 Å². The molecule has 184 valence electrons. The second kappa shape index (κ2) is 8.20. The Labute approximate surface area is 214 Å². The molecular weight excluding hydrogens is 547 g/mol. The van der Waals surface area contributed by atoms with Gasteiger partial charge in [-0.15, -0.1) is 0 Å². The first kappa shape index (κ1) is 24.6. The standard InChI is InChI=1S/C28H34F2INO2/c1-15(2)24-22-23(21-18(32-24)13-26(3,4)14-19(21)33)28(12-6-7-20(28)31)34-25(22)16-8-10-17(11-9-16)27(5,29)30/h8-11,15,19-20,25,33H,6-7,12-14H2,1-5H3/t19-,20?,25+,28?/m0/s1. The Kier molecular flexibility index (Phi) is 5.93. The molecule has 1 aromatic carbocycles. The van der Waals surface area contributed by atoms with Crippen LogP contribution < -0.4 is 0 Å². The van der Waals surface area contributed by atoms with Gasteiger partial charge in [0.25, 0.3) is 5.92 Å². The van der Waals surface area contributed by atoms with Crippen LogP contribution in [0.4, 0.5) is 8.78 Å². The summed E-state index contributed by atoms with van der Waals surface area (Å²) < 4.78 is 35.1. The maximum absolute atomic E-state index is 13.9. The second-order valence-electron chi connectivity index (χ2n) is 11.6. The van der Waals surface area contributed by atoms with Crippen molar-refractivity contribution in [3.63, 3.8) is 0 Å². The van der Waals surface area contributed by atoms with Crippen molar-refractivity contribution in [2.75, 3.05) is 0 Å². The maximum Gasteiger partial charge on any atom is 0.270 e. The van der Waals surface area contributed by atoms with Gasteiger partial charge in [-0.2, -0.15) is 0 Å². The fourth-order valence-corrected chi connectivity index (χ4v) is 7.56. The Morgan fingerprint density at radius 3 is 2.41 bits per heavy atom. The summed E-state index contributed by atoms with van der Waals surface area (Å²) in [5, 5.41) is 11.4. The minimum Gasteiger partial charge on any atom is -0.388 e. The van der Waals surface area contributed by atoms with E-state index in [-0.39, 0.29) is 26.9 Å². The molecule has 5 rings (SSSR count). The maximum atomic E-state index is 13.9. The Morgan fingerprint density at radius 2 is 1.85 bits per heavy atom. The number of nitrogens with zero attached hydrogens (tertiary/aromatic N) is 1. The second-order valence-corrected chi connectivity index (χ2v) is 13.1. The quantitative estimate of drug-likeness (QED) is 0.300. The zero-order valence-corrected chi connectivity index (χ0v) is 22.7. The highest BCUT2D eigenvalue weighted by atomic mass is 127. The first-order valence-corrected chi connectivity index (χ1v) is 13.6. The Bertz CT molecular complexity index is 1110. The molecule has 34 heavy (non-hydrogen) atoms. The van der Waals surface area contributed by atoms with E-state index in [4.69, 9.17) is 9.72 Å². The molecular formula is C28H34F2INO2. The van der Waals surface area contributed by atoms with Crippen LogP contribution in [0.2, 0.25) is 0 Å². The molecule has 3 aliphatic rings. The van der Waals surface area contributed by atoms with Crippen molar-refractivity contribution < 1.29 is 18.6 Å². The monoisotopic (exact) mass is 581 g/mol. The van der Waals surface area contributed by atoms with E-state index >= 15 is 0 Å². The Balaban J connectivity index is 1.76. The third kappa shape index (κ3) is 3.83. The largest absolute Gasteiger partial charge is 0.388 e. The number of halogens is 3. The number of alkyl halides is 3. The highest BCUT2D eigenvalue weighted by Gasteiger charge is 2.56. The predicted molar refractivity (Wildman–Crippen MR) is 138 cm³/mol. The lowest BCUT2D eigenvalue weighted by Gasteiger charge is -2.39. The zero-order chi connectivity index (χ0) is 24.6. The number of fused-ring (bicyclic) bond motifs is 4. The number of rotatable bonds is 3. The molecule has 3 nitrogen and oxygen atoms in total. The average molecular weight is 581 g/mol.